The molecule has 0 radical (unpaired) electrons. The Bertz CT molecular complexity index is 898. The molecule has 30 heavy (non-hydrogen) atoms. The molecule has 1 saturated heterocycles. The molecule has 0 saturated carbocycles. The van der Waals surface area contributed by atoms with Crippen LogP contribution >= 0.6 is 0 Å². The van der Waals surface area contributed by atoms with Gasteiger partial charge in [0.25, 0.3) is 0 Å². The van der Waals surface area contributed by atoms with E-state index in [1.807, 2.05) is 30.3 Å². The quantitative estimate of drug-likeness (QED) is 0.735. The van der Waals surface area contributed by atoms with Crippen molar-refractivity contribution in [1.29, 1.82) is 0 Å². The first-order valence-electron chi connectivity index (χ1n) is 9.38. The first kappa shape index (κ1) is 21.4. The van der Waals surface area contributed by atoms with Gasteiger partial charge in [0.2, 0.25) is 11.8 Å². The number of carbonyl (C=O) groups excluding carboxylic acids is 2. The van der Waals surface area contributed by atoms with E-state index in [1.54, 1.807) is 4.90 Å². The van der Waals surface area contributed by atoms with Gasteiger partial charge in [-0.2, -0.15) is 0 Å². The Morgan fingerprint density at radius 3 is 2.33 bits per heavy atom. The van der Waals surface area contributed by atoms with Gasteiger partial charge in [0, 0.05) is 24.7 Å². The Balaban J connectivity index is 1.71. The van der Waals surface area contributed by atoms with Gasteiger partial charge in [0.1, 0.15) is 5.75 Å². The van der Waals surface area contributed by atoms with Crippen molar-refractivity contribution >= 4 is 17.5 Å². The van der Waals surface area contributed by atoms with Crippen LogP contribution < -0.4 is 10.1 Å². The molecule has 0 aromatic heterocycles. The number of hydrogen-bond donors (Lipinski definition) is 1. The third-order valence-corrected chi connectivity index (χ3v) is 4.93. The molecule has 0 unspecified atom stereocenters. The summed E-state index contributed by atoms with van der Waals surface area (Å²) in [5.41, 5.74) is 1.38. The number of carbonyl (C=O) groups is 2. The van der Waals surface area contributed by atoms with Crippen LogP contribution in [0.5, 0.6) is 5.75 Å². The largest absolute Gasteiger partial charge is 0.573 e. The molecule has 1 fully saturated rings. The summed E-state index contributed by atoms with van der Waals surface area (Å²) in [7, 11) is 0. The summed E-state index contributed by atoms with van der Waals surface area (Å²) in [5.74, 6) is -1.41. The molecule has 0 spiro atoms. The number of rotatable bonds is 5. The third kappa shape index (κ3) is 5.62. The highest BCUT2D eigenvalue weighted by molar-refractivity contribution is 5.94. The standard InChI is InChI=1S/C22H21F3N2O3/c1-2-20(28)27-13-16(15-6-4-3-5-7-15)12-17(14-27)21(29)26-18-8-10-19(11-9-18)30-22(23,24)25/h2-11,16-17H,1,12-14H2,(H,26,29)/t16-,17-/m1/s1. The van der Waals surface area contributed by atoms with E-state index in [4.69, 9.17) is 0 Å². The fraction of sp³-hybridized carbons (Fsp3) is 0.273. The van der Waals surface area contributed by atoms with E-state index in [2.05, 4.69) is 16.6 Å². The fourth-order valence-corrected chi connectivity index (χ4v) is 3.55. The summed E-state index contributed by atoms with van der Waals surface area (Å²) in [6, 6.07) is 14.6. The van der Waals surface area contributed by atoms with Crippen LogP contribution in [0.1, 0.15) is 17.9 Å². The Morgan fingerprint density at radius 2 is 1.73 bits per heavy atom. The second-order valence-corrected chi connectivity index (χ2v) is 7.05. The number of piperidine rings is 1. The van der Waals surface area contributed by atoms with Crippen LogP contribution in [0, 0.1) is 5.92 Å². The Hall–Kier alpha value is -3.29. The van der Waals surface area contributed by atoms with E-state index in [1.165, 1.54) is 18.2 Å². The second kappa shape index (κ2) is 9.02. The molecule has 0 bridgehead atoms. The third-order valence-electron chi connectivity index (χ3n) is 4.93. The molecule has 2 aromatic carbocycles. The summed E-state index contributed by atoms with van der Waals surface area (Å²) in [4.78, 5) is 26.6. The smallest absolute Gasteiger partial charge is 0.406 e. The number of nitrogens with zero attached hydrogens (tertiary/aromatic N) is 1. The molecule has 1 heterocycles. The number of benzene rings is 2. The topological polar surface area (TPSA) is 58.6 Å². The molecule has 3 rings (SSSR count). The molecule has 1 N–H and O–H groups in total. The van der Waals surface area contributed by atoms with Crippen molar-refractivity contribution in [2.45, 2.75) is 18.7 Å². The predicted octanol–water partition coefficient (Wildman–Crippen LogP) is 4.34. The molecule has 2 atom stereocenters. The van der Waals surface area contributed by atoms with Gasteiger partial charge in [-0.05, 0) is 42.3 Å². The van der Waals surface area contributed by atoms with Crippen molar-refractivity contribution in [2.24, 2.45) is 5.92 Å². The van der Waals surface area contributed by atoms with Crippen LogP contribution in [0.4, 0.5) is 18.9 Å². The zero-order valence-electron chi connectivity index (χ0n) is 16.1. The maximum atomic E-state index is 12.8. The van der Waals surface area contributed by atoms with Gasteiger partial charge in [0.15, 0.2) is 0 Å². The highest BCUT2D eigenvalue weighted by Gasteiger charge is 2.34. The number of hydrogen-bond acceptors (Lipinski definition) is 3. The molecule has 1 aliphatic rings. The van der Waals surface area contributed by atoms with Crippen molar-refractivity contribution in [3.63, 3.8) is 0 Å². The zero-order valence-corrected chi connectivity index (χ0v) is 16.1. The normalized spacial score (nSPS) is 19.1. The first-order valence-corrected chi connectivity index (χ1v) is 9.38. The highest BCUT2D eigenvalue weighted by Crippen LogP contribution is 2.31. The van der Waals surface area contributed by atoms with Gasteiger partial charge in [-0.25, -0.2) is 0 Å². The number of halogens is 3. The minimum Gasteiger partial charge on any atom is -0.406 e. The number of ether oxygens (including phenoxy) is 1. The van der Waals surface area contributed by atoms with E-state index in [0.29, 0.717) is 18.7 Å². The van der Waals surface area contributed by atoms with Crippen LogP contribution in [0.15, 0.2) is 67.3 Å². The molecule has 5 nitrogen and oxygen atoms in total. The highest BCUT2D eigenvalue weighted by atomic mass is 19.4. The van der Waals surface area contributed by atoms with E-state index in [9.17, 15) is 22.8 Å². The summed E-state index contributed by atoms with van der Waals surface area (Å²) in [6.45, 7) is 4.25. The average molecular weight is 418 g/mol. The maximum absolute atomic E-state index is 12.8. The number of nitrogens with one attached hydrogen (secondary N) is 1. The van der Waals surface area contributed by atoms with Gasteiger partial charge in [-0.1, -0.05) is 36.9 Å². The number of alkyl halides is 3. The van der Waals surface area contributed by atoms with Crippen molar-refractivity contribution in [1.82, 2.24) is 4.90 Å². The molecule has 158 valence electrons. The maximum Gasteiger partial charge on any atom is 0.573 e. The summed E-state index contributed by atoms with van der Waals surface area (Å²) < 4.78 is 40.6. The van der Waals surface area contributed by atoms with Gasteiger partial charge >= 0.3 is 6.36 Å². The minimum atomic E-state index is -4.78. The first-order chi connectivity index (χ1) is 14.2. The Kier molecular flexibility index (Phi) is 6.44. The van der Waals surface area contributed by atoms with E-state index < -0.39 is 12.3 Å². The van der Waals surface area contributed by atoms with Crippen LogP contribution in [0.3, 0.4) is 0 Å². The Labute approximate surface area is 172 Å². The van der Waals surface area contributed by atoms with E-state index in [0.717, 1.165) is 17.7 Å². The minimum absolute atomic E-state index is 0.0119. The van der Waals surface area contributed by atoms with Gasteiger partial charge < -0.3 is 15.0 Å². The SMILES string of the molecule is C=CC(=O)N1C[C@H](C(=O)Nc2ccc(OC(F)(F)F)cc2)C[C@@H](c2ccccc2)C1. The fourth-order valence-electron chi connectivity index (χ4n) is 3.55. The molecular formula is C22H21F3N2O3. The molecule has 2 amide bonds. The number of amides is 2. The molecular weight excluding hydrogens is 397 g/mol. The summed E-state index contributed by atoms with van der Waals surface area (Å²) in [5, 5.41) is 2.71. The summed E-state index contributed by atoms with van der Waals surface area (Å²) in [6.07, 6.45) is -3.01. The second-order valence-electron chi connectivity index (χ2n) is 7.05. The van der Waals surface area contributed by atoms with Crippen LogP contribution in [-0.4, -0.2) is 36.2 Å². The van der Waals surface area contributed by atoms with Crippen molar-refractivity contribution in [3.8, 4) is 5.75 Å². The summed E-state index contributed by atoms with van der Waals surface area (Å²) >= 11 is 0. The molecule has 1 aliphatic heterocycles. The lowest BCUT2D eigenvalue weighted by atomic mass is 9.84. The molecule has 8 heteroatoms. The molecule has 2 aromatic rings. The zero-order chi connectivity index (χ0) is 21.7. The lowest BCUT2D eigenvalue weighted by Gasteiger charge is -2.37. The van der Waals surface area contributed by atoms with Crippen LogP contribution in [0.25, 0.3) is 0 Å². The Morgan fingerprint density at radius 1 is 1.07 bits per heavy atom. The van der Waals surface area contributed by atoms with Gasteiger partial charge in [-0.15, -0.1) is 13.2 Å². The average Bonchev–Trinajstić information content (AvgIpc) is 2.73. The van der Waals surface area contributed by atoms with Crippen molar-refractivity contribution in [2.75, 3.05) is 18.4 Å². The lowest BCUT2D eigenvalue weighted by Crippen LogP contribution is -2.46. The van der Waals surface area contributed by atoms with E-state index >= 15 is 0 Å². The lowest BCUT2D eigenvalue weighted by molar-refractivity contribution is -0.274. The van der Waals surface area contributed by atoms with Crippen LogP contribution in [0.2, 0.25) is 0 Å². The monoisotopic (exact) mass is 418 g/mol. The predicted molar refractivity (Wildman–Crippen MR) is 106 cm³/mol. The van der Waals surface area contributed by atoms with Crippen molar-refractivity contribution in [3.05, 3.63) is 72.8 Å². The van der Waals surface area contributed by atoms with Gasteiger partial charge in [0.05, 0.1) is 5.92 Å². The van der Waals surface area contributed by atoms with Gasteiger partial charge in [-0.3, -0.25) is 9.59 Å². The van der Waals surface area contributed by atoms with Crippen LogP contribution in [-0.2, 0) is 9.59 Å². The molecule has 0 aliphatic carbocycles. The number of likely N-dealkylation sites (tertiary alicyclic amines) is 1. The van der Waals surface area contributed by atoms with E-state index in [-0.39, 0.29) is 30.0 Å². The van der Waals surface area contributed by atoms with Crippen molar-refractivity contribution < 1.29 is 27.5 Å². The number of anilines is 1.